The number of hydrogen-bond donors (Lipinski definition) is 2. The molecule has 1 atom stereocenters. The fraction of sp³-hybridized carbons (Fsp3) is 0.909. The van der Waals surface area contributed by atoms with E-state index < -0.39 is 5.60 Å². The molecule has 1 saturated heterocycles. The third kappa shape index (κ3) is 4.47. The Morgan fingerprint density at radius 3 is 2.69 bits per heavy atom. The molecule has 1 aliphatic heterocycles. The monoisotopic (exact) mass is 230 g/mol. The van der Waals surface area contributed by atoms with Gasteiger partial charge in [0, 0.05) is 19.6 Å². The van der Waals surface area contributed by atoms with E-state index in [1.165, 1.54) is 0 Å². The topological polar surface area (TPSA) is 61.8 Å². The predicted octanol–water partition coefficient (Wildman–Crippen LogP) is -0.404. The van der Waals surface area contributed by atoms with Gasteiger partial charge in [0.25, 0.3) is 0 Å². The van der Waals surface area contributed by atoms with Crippen molar-refractivity contribution < 1.29 is 14.6 Å². The van der Waals surface area contributed by atoms with Crippen LogP contribution in [-0.2, 0) is 9.53 Å². The minimum absolute atomic E-state index is 0.0789. The van der Waals surface area contributed by atoms with Crippen LogP contribution in [0, 0.1) is 0 Å². The molecule has 5 nitrogen and oxygen atoms in total. The summed E-state index contributed by atoms with van der Waals surface area (Å²) in [7, 11) is 0. The van der Waals surface area contributed by atoms with Crippen LogP contribution in [0.1, 0.15) is 20.3 Å². The van der Waals surface area contributed by atoms with Gasteiger partial charge >= 0.3 is 0 Å². The van der Waals surface area contributed by atoms with Crippen LogP contribution in [0.3, 0.4) is 0 Å². The predicted molar refractivity (Wildman–Crippen MR) is 61.2 cm³/mol. The highest BCUT2D eigenvalue weighted by Gasteiger charge is 2.19. The Morgan fingerprint density at radius 1 is 1.50 bits per heavy atom. The standard InChI is InChI=1S/C11H22N2O3/c1-3-11(2,15)9-12-8-10(14)13-4-6-16-7-5-13/h12,15H,3-9H2,1-2H3. The Balaban J connectivity index is 2.19. The Bertz CT molecular complexity index is 225. The summed E-state index contributed by atoms with van der Waals surface area (Å²) in [5.41, 5.74) is -0.731. The molecule has 0 aromatic carbocycles. The Labute approximate surface area is 96.8 Å². The summed E-state index contributed by atoms with van der Waals surface area (Å²) in [6.07, 6.45) is 0.672. The van der Waals surface area contributed by atoms with E-state index in [4.69, 9.17) is 4.74 Å². The van der Waals surface area contributed by atoms with Crippen molar-refractivity contribution in [2.24, 2.45) is 0 Å². The first-order valence-electron chi connectivity index (χ1n) is 5.84. The lowest BCUT2D eigenvalue weighted by Crippen LogP contribution is -2.47. The molecule has 0 radical (unpaired) electrons. The highest BCUT2D eigenvalue weighted by Crippen LogP contribution is 2.05. The molecular formula is C11H22N2O3. The molecule has 0 bridgehead atoms. The molecule has 0 aliphatic carbocycles. The molecule has 0 saturated carbocycles. The van der Waals surface area contributed by atoms with E-state index in [9.17, 15) is 9.90 Å². The smallest absolute Gasteiger partial charge is 0.236 e. The molecule has 1 fully saturated rings. The number of morpholine rings is 1. The van der Waals surface area contributed by atoms with Gasteiger partial charge in [0.1, 0.15) is 0 Å². The third-order valence-corrected chi connectivity index (χ3v) is 2.91. The van der Waals surface area contributed by atoms with E-state index in [2.05, 4.69) is 5.32 Å². The summed E-state index contributed by atoms with van der Waals surface area (Å²) >= 11 is 0. The second-order valence-corrected chi connectivity index (χ2v) is 4.45. The molecule has 2 N–H and O–H groups in total. The number of nitrogens with zero attached hydrogens (tertiary/aromatic N) is 1. The number of ether oxygens (including phenoxy) is 1. The van der Waals surface area contributed by atoms with Crippen LogP contribution in [0.2, 0.25) is 0 Å². The maximum atomic E-state index is 11.7. The fourth-order valence-electron chi connectivity index (χ4n) is 1.49. The SMILES string of the molecule is CCC(C)(O)CNCC(=O)N1CCOCC1. The van der Waals surface area contributed by atoms with Crippen LogP contribution in [0.15, 0.2) is 0 Å². The highest BCUT2D eigenvalue weighted by molar-refractivity contribution is 5.78. The van der Waals surface area contributed by atoms with E-state index in [1.807, 2.05) is 6.92 Å². The Kier molecular flexibility index (Phi) is 5.18. The molecule has 0 spiro atoms. The molecule has 1 rings (SSSR count). The number of rotatable bonds is 5. The van der Waals surface area contributed by atoms with E-state index in [1.54, 1.807) is 11.8 Å². The van der Waals surface area contributed by atoms with Gasteiger partial charge in [-0.05, 0) is 13.3 Å². The van der Waals surface area contributed by atoms with Crippen LogP contribution in [0.5, 0.6) is 0 Å². The lowest BCUT2D eigenvalue weighted by Gasteiger charge is -2.28. The second kappa shape index (κ2) is 6.18. The molecule has 94 valence electrons. The number of nitrogens with one attached hydrogen (secondary N) is 1. The lowest BCUT2D eigenvalue weighted by atomic mass is 10.0. The van der Waals surface area contributed by atoms with Crippen molar-refractivity contribution in [1.82, 2.24) is 10.2 Å². The summed E-state index contributed by atoms with van der Waals surface area (Å²) in [6, 6.07) is 0. The van der Waals surface area contributed by atoms with Gasteiger partial charge in [-0.2, -0.15) is 0 Å². The number of hydrogen-bond acceptors (Lipinski definition) is 4. The van der Waals surface area contributed by atoms with Gasteiger partial charge in [-0.3, -0.25) is 4.79 Å². The van der Waals surface area contributed by atoms with Crippen LogP contribution < -0.4 is 5.32 Å². The number of carbonyl (C=O) groups excluding carboxylic acids is 1. The van der Waals surface area contributed by atoms with Gasteiger partial charge < -0.3 is 20.1 Å². The van der Waals surface area contributed by atoms with Crippen molar-refractivity contribution in [3.05, 3.63) is 0 Å². The van der Waals surface area contributed by atoms with Crippen LogP contribution in [-0.4, -0.2) is 60.9 Å². The van der Waals surface area contributed by atoms with Crippen molar-refractivity contribution in [3.8, 4) is 0 Å². The number of aliphatic hydroxyl groups is 1. The average Bonchev–Trinajstić information content (AvgIpc) is 2.30. The summed E-state index contributed by atoms with van der Waals surface area (Å²) in [5.74, 6) is 0.0789. The lowest BCUT2D eigenvalue weighted by molar-refractivity contribution is -0.134. The summed E-state index contributed by atoms with van der Waals surface area (Å²) in [5, 5.41) is 12.7. The van der Waals surface area contributed by atoms with Crippen LogP contribution in [0.25, 0.3) is 0 Å². The zero-order valence-corrected chi connectivity index (χ0v) is 10.2. The maximum Gasteiger partial charge on any atom is 0.236 e. The fourth-order valence-corrected chi connectivity index (χ4v) is 1.49. The largest absolute Gasteiger partial charge is 0.389 e. The Hall–Kier alpha value is -0.650. The van der Waals surface area contributed by atoms with Gasteiger partial charge in [-0.25, -0.2) is 0 Å². The first kappa shape index (κ1) is 13.4. The number of amides is 1. The van der Waals surface area contributed by atoms with Gasteiger partial charge in [0.2, 0.25) is 5.91 Å². The first-order chi connectivity index (χ1) is 7.55. The van der Waals surface area contributed by atoms with E-state index in [0.717, 1.165) is 0 Å². The molecule has 1 amide bonds. The van der Waals surface area contributed by atoms with E-state index in [0.29, 0.717) is 39.3 Å². The minimum atomic E-state index is -0.731. The summed E-state index contributed by atoms with van der Waals surface area (Å²) < 4.78 is 5.17. The Morgan fingerprint density at radius 2 is 2.12 bits per heavy atom. The van der Waals surface area contributed by atoms with E-state index in [-0.39, 0.29) is 12.5 Å². The highest BCUT2D eigenvalue weighted by atomic mass is 16.5. The molecule has 0 aromatic heterocycles. The molecule has 1 unspecified atom stereocenters. The maximum absolute atomic E-state index is 11.7. The molecule has 0 aromatic rings. The van der Waals surface area contributed by atoms with Gasteiger partial charge in [0.15, 0.2) is 0 Å². The van der Waals surface area contributed by atoms with Gasteiger partial charge in [-0.15, -0.1) is 0 Å². The average molecular weight is 230 g/mol. The summed E-state index contributed by atoms with van der Waals surface area (Å²) in [6.45, 7) is 7.01. The summed E-state index contributed by atoms with van der Waals surface area (Å²) in [4.78, 5) is 13.5. The van der Waals surface area contributed by atoms with Crippen LogP contribution in [0.4, 0.5) is 0 Å². The second-order valence-electron chi connectivity index (χ2n) is 4.45. The van der Waals surface area contributed by atoms with Crippen molar-refractivity contribution in [3.63, 3.8) is 0 Å². The quantitative estimate of drug-likeness (QED) is 0.674. The third-order valence-electron chi connectivity index (χ3n) is 2.91. The molecule has 5 heteroatoms. The zero-order valence-electron chi connectivity index (χ0n) is 10.2. The van der Waals surface area contributed by atoms with Gasteiger partial charge in [-0.1, -0.05) is 6.92 Å². The first-order valence-corrected chi connectivity index (χ1v) is 5.84. The molecule has 1 heterocycles. The zero-order chi connectivity index (χ0) is 12.0. The molecule has 1 aliphatic rings. The molecule has 16 heavy (non-hydrogen) atoms. The van der Waals surface area contributed by atoms with Crippen LogP contribution >= 0.6 is 0 Å². The van der Waals surface area contributed by atoms with E-state index >= 15 is 0 Å². The van der Waals surface area contributed by atoms with Crippen molar-refractivity contribution >= 4 is 5.91 Å². The number of carbonyl (C=O) groups is 1. The minimum Gasteiger partial charge on any atom is -0.389 e. The van der Waals surface area contributed by atoms with Crippen molar-refractivity contribution in [2.45, 2.75) is 25.9 Å². The molecular weight excluding hydrogens is 208 g/mol. The normalized spacial score (nSPS) is 20.6. The van der Waals surface area contributed by atoms with Crippen molar-refractivity contribution in [2.75, 3.05) is 39.4 Å². The van der Waals surface area contributed by atoms with Gasteiger partial charge in [0.05, 0.1) is 25.4 Å². The van der Waals surface area contributed by atoms with Crippen molar-refractivity contribution in [1.29, 1.82) is 0 Å².